The molecule has 0 saturated carbocycles. The van der Waals surface area contributed by atoms with Gasteiger partial charge in [0.15, 0.2) is 0 Å². The molecule has 0 aliphatic carbocycles. The lowest BCUT2D eigenvalue weighted by molar-refractivity contribution is 0.426. The summed E-state index contributed by atoms with van der Waals surface area (Å²) in [7, 11) is -1.48. The third-order valence-electron chi connectivity index (χ3n) is 5.01. The zero-order valence-electron chi connectivity index (χ0n) is 13.5. The van der Waals surface area contributed by atoms with Crippen LogP contribution in [0, 0.1) is 0 Å². The number of fused-ring (bicyclic) bond motifs is 5. The van der Waals surface area contributed by atoms with Crippen LogP contribution in [0.1, 0.15) is 0 Å². The van der Waals surface area contributed by atoms with E-state index in [9.17, 15) is 10.0 Å². The highest BCUT2D eigenvalue weighted by molar-refractivity contribution is 6.62. The first-order chi connectivity index (χ1) is 12.2. The van der Waals surface area contributed by atoms with Gasteiger partial charge in [0.25, 0.3) is 0 Å². The van der Waals surface area contributed by atoms with Gasteiger partial charge in [-0.3, -0.25) is 0 Å². The largest absolute Gasteiger partial charge is 0.489 e. The molecule has 0 heterocycles. The first-order valence-corrected chi connectivity index (χ1v) is 8.35. The van der Waals surface area contributed by atoms with Crippen LogP contribution in [-0.4, -0.2) is 17.2 Å². The minimum Gasteiger partial charge on any atom is -0.423 e. The Balaban J connectivity index is 1.96. The van der Waals surface area contributed by atoms with Gasteiger partial charge in [0.2, 0.25) is 0 Å². The van der Waals surface area contributed by atoms with E-state index in [0.717, 1.165) is 21.5 Å². The summed E-state index contributed by atoms with van der Waals surface area (Å²) in [5.41, 5.74) is 0.539. The van der Waals surface area contributed by atoms with Crippen LogP contribution >= 0.6 is 0 Å². The molecule has 2 nitrogen and oxygen atoms in total. The summed E-state index contributed by atoms with van der Waals surface area (Å²) in [6.45, 7) is 0. The Morgan fingerprint density at radius 3 is 1.76 bits per heavy atom. The first-order valence-electron chi connectivity index (χ1n) is 8.35. The van der Waals surface area contributed by atoms with Crippen LogP contribution in [0.3, 0.4) is 0 Å². The average molecular weight is 322 g/mol. The van der Waals surface area contributed by atoms with Crippen molar-refractivity contribution in [2.45, 2.75) is 0 Å². The summed E-state index contributed by atoms with van der Waals surface area (Å²) in [6.07, 6.45) is 0. The summed E-state index contributed by atoms with van der Waals surface area (Å²) in [4.78, 5) is 0. The lowest BCUT2D eigenvalue weighted by atomic mass is 9.76. The van der Waals surface area contributed by atoms with Crippen molar-refractivity contribution >= 4 is 55.7 Å². The van der Waals surface area contributed by atoms with Crippen LogP contribution in [0.5, 0.6) is 0 Å². The molecule has 0 spiro atoms. The molecule has 0 bridgehead atoms. The second kappa shape index (κ2) is 5.31. The Bertz CT molecular complexity index is 1280. The smallest absolute Gasteiger partial charge is 0.423 e. The highest BCUT2D eigenvalue weighted by Crippen LogP contribution is 2.31. The zero-order chi connectivity index (χ0) is 17.0. The van der Waals surface area contributed by atoms with Gasteiger partial charge in [-0.05, 0) is 72.8 Å². The van der Waals surface area contributed by atoms with Gasteiger partial charge < -0.3 is 10.0 Å². The average Bonchev–Trinajstić information content (AvgIpc) is 2.64. The monoisotopic (exact) mass is 322 g/mol. The van der Waals surface area contributed by atoms with Gasteiger partial charge in [0.05, 0.1) is 0 Å². The lowest BCUT2D eigenvalue weighted by Crippen LogP contribution is -2.30. The summed E-state index contributed by atoms with van der Waals surface area (Å²) < 4.78 is 0. The molecule has 3 heteroatoms. The van der Waals surface area contributed by atoms with Crippen molar-refractivity contribution in [2.24, 2.45) is 0 Å². The van der Waals surface area contributed by atoms with Gasteiger partial charge in [-0.25, -0.2) is 0 Å². The molecule has 0 aliphatic rings. The molecule has 118 valence electrons. The fraction of sp³-hybridized carbons (Fsp3) is 0. The molecule has 0 amide bonds. The second-order valence-electron chi connectivity index (χ2n) is 6.50. The molecule has 5 aromatic rings. The Kier molecular flexibility index (Phi) is 3.08. The van der Waals surface area contributed by atoms with E-state index < -0.39 is 7.12 Å². The zero-order valence-corrected chi connectivity index (χ0v) is 13.5. The summed E-state index contributed by atoms with van der Waals surface area (Å²) in [5.74, 6) is 0. The summed E-state index contributed by atoms with van der Waals surface area (Å²) in [6, 6.07) is 26.9. The Labute approximate surface area is 145 Å². The van der Waals surface area contributed by atoms with Gasteiger partial charge in [0.1, 0.15) is 0 Å². The molecule has 0 unspecified atom stereocenters. The van der Waals surface area contributed by atoms with E-state index in [2.05, 4.69) is 60.7 Å². The molecule has 25 heavy (non-hydrogen) atoms. The van der Waals surface area contributed by atoms with E-state index in [4.69, 9.17) is 0 Å². The molecule has 5 rings (SSSR count). The number of benzene rings is 5. The number of rotatable bonds is 1. The highest BCUT2D eigenvalue weighted by atomic mass is 16.4. The van der Waals surface area contributed by atoms with Crippen molar-refractivity contribution in [3.05, 3.63) is 78.9 Å². The predicted octanol–water partition coefficient (Wildman–Crippen LogP) is 3.98. The predicted molar refractivity (Wildman–Crippen MR) is 106 cm³/mol. The molecular weight excluding hydrogens is 307 g/mol. The molecule has 0 aromatic heterocycles. The van der Waals surface area contributed by atoms with Crippen molar-refractivity contribution < 1.29 is 10.0 Å². The lowest BCUT2D eigenvalue weighted by Gasteiger charge is -2.10. The van der Waals surface area contributed by atoms with Crippen LogP contribution in [0.15, 0.2) is 78.9 Å². The second-order valence-corrected chi connectivity index (χ2v) is 6.50. The Hall–Kier alpha value is -2.88. The minimum absolute atomic E-state index is 0.539. The molecular formula is C22H15BO2. The minimum atomic E-state index is -1.48. The number of hydrogen-bond acceptors (Lipinski definition) is 2. The van der Waals surface area contributed by atoms with Crippen LogP contribution in [0.25, 0.3) is 43.1 Å². The maximum atomic E-state index is 9.70. The third-order valence-corrected chi connectivity index (χ3v) is 5.01. The molecule has 5 aromatic carbocycles. The molecule has 0 radical (unpaired) electrons. The van der Waals surface area contributed by atoms with E-state index in [-0.39, 0.29) is 0 Å². The fourth-order valence-corrected chi connectivity index (χ4v) is 3.77. The van der Waals surface area contributed by atoms with E-state index in [1.54, 1.807) is 6.07 Å². The fourth-order valence-electron chi connectivity index (χ4n) is 3.77. The van der Waals surface area contributed by atoms with Gasteiger partial charge in [-0.15, -0.1) is 0 Å². The quantitative estimate of drug-likeness (QED) is 0.278. The van der Waals surface area contributed by atoms with Crippen LogP contribution in [0.2, 0.25) is 0 Å². The van der Waals surface area contributed by atoms with Gasteiger partial charge in [0, 0.05) is 0 Å². The van der Waals surface area contributed by atoms with Crippen molar-refractivity contribution in [3.63, 3.8) is 0 Å². The Morgan fingerprint density at radius 1 is 0.480 bits per heavy atom. The molecule has 0 fully saturated rings. The van der Waals surface area contributed by atoms with Crippen LogP contribution in [-0.2, 0) is 0 Å². The third kappa shape index (κ3) is 2.21. The van der Waals surface area contributed by atoms with E-state index in [0.29, 0.717) is 5.46 Å². The van der Waals surface area contributed by atoms with Crippen molar-refractivity contribution in [2.75, 3.05) is 0 Å². The van der Waals surface area contributed by atoms with E-state index >= 15 is 0 Å². The van der Waals surface area contributed by atoms with Crippen molar-refractivity contribution in [3.8, 4) is 0 Å². The SMILES string of the molecule is OB(O)c1cccc2cc3ccc4cc5ccccc5cc4c3cc12. The molecule has 0 atom stereocenters. The standard InChI is InChI=1S/C22H15BO2/c24-23(25)22-7-3-6-16-11-18-9-8-17-10-14-4-1-2-5-15(14)12-19(17)20(18)13-21(16)22/h1-13,24-25H. The number of hydrogen-bond donors (Lipinski definition) is 2. The maximum absolute atomic E-state index is 9.70. The van der Waals surface area contributed by atoms with Gasteiger partial charge in [-0.1, -0.05) is 54.6 Å². The topological polar surface area (TPSA) is 40.5 Å². The molecule has 0 aliphatic heterocycles. The first kappa shape index (κ1) is 14.5. The maximum Gasteiger partial charge on any atom is 0.489 e. The van der Waals surface area contributed by atoms with E-state index in [1.807, 2.05) is 12.1 Å². The summed E-state index contributed by atoms with van der Waals surface area (Å²) in [5, 5.41) is 28.4. The van der Waals surface area contributed by atoms with Crippen LogP contribution < -0.4 is 5.46 Å². The van der Waals surface area contributed by atoms with Crippen molar-refractivity contribution in [1.29, 1.82) is 0 Å². The van der Waals surface area contributed by atoms with E-state index in [1.165, 1.54) is 21.5 Å². The summed E-state index contributed by atoms with van der Waals surface area (Å²) >= 11 is 0. The van der Waals surface area contributed by atoms with Crippen LogP contribution in [0.4, 0.5) is 0 Å². The Morgan fingerprint density at radius 2 is 1.04 bits per heavy atom. The highest BCUT2D eigenvalue weighted by Gasteiger charge is 2.15. The van der Waals surface area contributed by atoms with Gasteiger partial charge >= 0.3 is 7.12 Å². The molecule has 2 N–H and O–H groups in total. The molecule has 0 saturated heterocycles. The van der Waals surface area contributed by atoms with Gasteiger partial charge in [-0.2, -0.15) is 0 Å². The normalized spacial score (nSPS) is 11.6. The van der Waals surface area contributed by atoms with Crippen molar-refractivity contribution in [1.82, 2.24) is 0 Å².